The molecule has 0 unspecified atom stereocenters. The Morgan fingerprint density at radius 2 is 1.84 bits per heavy atom. The smallest absolute Gasteiger partial charge is 0.471 e. The topological polar surface area (TPSA) is 66.4 Å². The predicted molar refractivity (Wildman–Crippen MR) is 65.3 cm³/mol. The number of halogens is 4. The van der Waals surface area contributed by atoms with Crippen molar-refractivity contribution in [2.45, 2.75) is 20.0 Å². The van der Waals surface area contributed by atoms with Crippen molar-refractivity contribution >= 4 is 33.5 Å². The third-order valence-electron chi connectivity index (χ3n) is 2.44. The molecule has 4 nitrogen and oxygen atoms in total. The number of carboxylic acid groups (broad SMARTS) is 1. The van der Waals surface area contributed by atoms with Crippen LogP contribution in [0.25, 0.3) is 0 Å². The molecule has 104 valence electrons. The van der Waals surface area contributed by atoms with Gasteiger partial charge in [-0.3, -0.25) is 4.79 Å². The number of rotatable bonds is 2. The number of nitrogens with one attached hydrogen (secondary N) is 1. The summed E-state index contributed by atoms with van der Waals surface area (Å²) in [6, 6.07) is 1.34. The van der Waals surface area contributed by atoms with Crippen molar-refractivity contribution in [1.29, 1.82) is 0 Å². The minimum absolute atomic E-state index is 0.0528. The summed E-state index contributed by atoms with van der Waals surface area (Å²) >= 11 is 3.00. The summed E-state index contributed by atoms with van der Waals surface area (Å²) in [4.78, 5) is 21.9. The van der Waals surface area contributed by atoms with Crippen molar-refractivity contribution in [3.05, 3.63) is 27.2 Å². The molecule has 0 aliphatic carbocycles. The van der Waals surface area contributed by atoms with Crippen LogP contribution in [0.1, 0.15) is 21.5 Å². The molecule has 0 fully saturated rings. The fraction of sp³-hybridized carbons (Fsp3) is 0.273. The molecule has 0 aliphatic heterocycles. The molecule has 0 atom stereocenters. The quantitative estimate of drug-likeness (QED) is 0.868. The number of benzene rings is 1. The van der Waals surface area contributed by atoms with Gasteiger partial charge in [0.25, 0.3) is 0 Å². The molecule has 1 aromatic carbocycles. The van der Waals surface area contributed by atoms with Gasteiger partial charge in [-0.25, -0.2) is 4.79 Å². The summed E-state index contributed by atoms with van der Waals surface area (Å²) in [6.45, 7) is 2.84. The molecule has 0 saturated heterocycles. The molecule has 0 aliphatic rings. The Morgan fingerprint density at radius 1 is 1.32 bits per heavy atom. The predicted octanol–water partition coefficient (Wildman–Crippen LogP) is 3.26. The number of carbonyl (C=O) groups is 2. The average Bonchev–Trinajstić information content (AvgIpc) is 2.21. The molecule has 19 heavy (non-hydrogen) atoms. The zero-order valence-corrected chi connectivity index (χ0v) is 11.4. The van der Waals surface area contributed by atoms with Crippen molar-refractivity contribution < 1.29 is 27.9 Å². The fourth-order valence-corrected chi connectivity index (χ4v) is 2.34. The lowest BCUT2D eigenvalue weighted by atomic mass is 10.0. The lowest BCUT2D eigenvalue weighted by Crippen LogP contribution is -2.30. The second-order valence-electron chi connectivity index (χ2n) is 3.81. The monoisotopic (exact) mass is 339 g/mol. The summed E-state index contributed by atoms with van der Waals surface area (Å²) in [5.74, 6) is -3.43. The lowest BCUT2D eigenvalue weighted by Gasteiger charge is -2.15. The highest BCUT2D eigenvalue weighted by Crippen LogP contribution is 2.32. The van der Waals surface area contributed by atoms with Gasteiger partial charge in [0, 0.05) is 4.47 Å². The maximum Gasteiger partial charge on any atom is 0.471 e. The average molecular weight is 340 g/mol. The van der Waals surface area contributed by atoms with E-state index >= 15 is 0 Å². The van der Waals surface area contributed by atoms with E-state index in [-0.39, 0.29) is 21.3 Å². The first kappa shape index (κ1) is 15.5. The van der Waals surface area contributed by atoms with E-state index in [9.17, 15) is 22.8 Å². The van der Waals surface area contributed by atoms with E-state index in [4.69, 9.17) is 5.11 Å². The number of anilines is 1. The lowest BCUT2D eigenvalue weighted by molar-refractivity contribution is -0.167. The number of hydrogen-bond donors (Lipinski definition) is 2. The highest BCUT2D eigenvalue weighted by molar-refractivity contribution is 9.10. The van der Waals surface area contributed by atoms with Crippen molar-refractivity contribution in [2.24, 2.45) is 0 Å². The SMILES string of the molecule is Cc1cc(Br)c(NC(=O)C(F)(F)F)c(C)c1C(=O)O. The molecular formula is C11H9BrF3NO3. The first-order chi connectivity index (χ1) is 8.55. The molecule has 0 spiro atoms. The normalized spacial score (nSPS) is 11.3. The Kier molecular flexibility index (Phi) is 4.24. The van der Waals surface area contributed by atoms with Crippen LogP contribution in [0, 0.1) is 13.8 Å². The maximum absolute atomic E-state index is 12.2. The Bertz CT molecular complexity index is 555. The van der Waals surface area contributed by atoms with Crippen LogP contribution in [0.3, 0.4) is 0 Å². The Morgan fingerprint density at radius 3 is 2.26 bits per heavy atom. The van der Waals surface area contributed by atoms with Gasteiger partial charge in [0.2, 0.25) is 0 Å². The number of alkyl halides is 3. The van der Waals surface area contributed by atoms with Gasteiger partial charge in [0.15, 0.2) is 0 Å². The van der Waals surface area contributed by atoms with Crippen LogP contribution in [-0.4, -0.2) is 23.2 Å². The molecule has 0 aromatic heterocycles. The zero-order valence-electron chi connectivity index (χ0n) is 9.85. The number of aromatic carboxylic acids is 1. The van der Waals surface area contributed by atoms with E-state index in [2.05, 4.69) is 15.9 Å². The van der Waals surface area contributed by atoms with Gasteiger partial charge in [0.1, 0.15) is 0 Å². The Hall–Kier alpha value is -1.57. The molecule has 8 heteroatoms. The first-order valence-electron chi connectivity index (χ1n) is 4.97. The van der Waals surface area contributed by atoms with Crippen molar-refractivity contribution in [1.82, 2.24) is 0 Å². The molecule has 0 heterocycles. The van der Waals surface area contributed by atoms with Gasteiger partial charge < -0.3 is 10.4 Å². The first-order valence-corrected chi connectivity index (χ1v) is 5.76. The highest BCUT2D eigenvalue weighted by atomic mass is 79.9. The molecule has 1 amide bonds. The maximum atomic E-state index is 12.2. The number of hydrogen-bond acceptors (Lipinski definition) is 2. The molecule has 0 radical (unpaired) electrons. The van der Waals surface area contributed by atoms with E-state index < -0.39 is 18.1 Å². The summed E-state index contributed by atoms with van der Waals surface area (Å²) < 4.78 is 36.8. The van der Waals surface area contributed by atoms with Crippen molar-refractivity contribution in [3.8, 4) is 0 Å². The standard InChI is InChI=1S/C11H9BrF3NO3/c1-4-3-6(12)8(5(2)7(4)9(17)18)16-10(19)11(13,14)15/h3H,1-2H3,(H,16,19)(H,17,18). The van der Waals surface area contributed by atoms with Crippen LogP contribution >= 0.6 is 15.9 Å². The zero-order chi connectivity index (χ0) is 15.0. The molecule has 1 aromatic rings. The summed E-state index contributed by atoms with van der Waals surface area (Å²) in [6.07, 6.45) is -5.04. The molecule has 0 bridgehead atoms. The van der Waals surface area contributed by atoms with E-state index in [0.717, 1.165) is 0 Å². The van der Waals surface area contributed by atoms with Gasteiger partial charge in [-0.15, -0.1) is 0 Å². The van der Waals surface area contributed by atoms with Gasteiger partial charge in [-0.1, -0.05) is 0 Å². The molecular weight excluding hydrogens is 331 g/mol. The van der Waals surface area contributed by atoms with E-state index in [1.807, 2.05) is 0 Å². The summed E-state index contributed by atoms with van der Waals surface area (Å²) in [5.41, 5.74) is 0.0878. The summed E-state index contributed by atoms with van der Waals surface area (Å²) in [5, 5.41) is 10.7. The van der Waals surface area contributed by atoms with E-state index in [1.165, 1.54) is 19.9 Å². The Balaban J connectivity index is 3.33. The molecule has 2 N–H and O–H groups in total. The number of carboxylic acids is 1. The minimum atomic E-state index is -5.04. The third kappa shape index (κ3) is 3.25. The van der Waals surface area contributed by atoms with Crippen LogP contribution in [0.15, 0.2) is 10.5 Å². The van der Waals surface area contributed by atoms with Crippen LogP contribution < -0.4 is 5.32 Å². The van der Waals surface area contributed by atoms with Crippen LogP contribution in [0.5, 0.6) is 0 Å². The van der Waals surface area contributed by atoms with Gasteiger partial charge in [0.05, 0.1) is 11.3 Å². The largest absolute Gasteiger partial charge is 0.478 e. The Labute approximate surface area is 114 Å². The van der Waals surface area contributed by atoms with Gasteiger partial charge in [-0.2, -0.15) is 13.2 Å². The molecule has 0 saturated carbocycles. The van der Waals surface area contributed by atoms with Gasteiger partial charge >= 0.3 is 18.1 Å². The highest BCUT2D eigenvalue weighted by Gasteiger charge is 2.39. The van der Waals surface area contributed by atoms with Crippen LogP contribution in [0.4, 0.5) is 18.9 Å². The second-order valence-corrected chi connectivity index (χ2v) is 4.66. The van der Waals surface area contributed by atoms with Crippen molar-refractivity contribution in [3.63, 3.8) is 0 Å². The van der Waals surface area contributed by atoms with Crippen LogP contribution in [0.2, 0.25) is 0 Å². The minimum Gasteiger partial charge on any atom is -0.478 e. The fourth-order valence-electron chi connectivity index (χ4n) is 1.60. The number of amides is 1. The summed E-state index contributed by atoms with van der Waals surface area (Å²) in [7, 11) is 0. The van der Waals surface area contributed by atoms with Crippen molar-refractivity contribution in [2.75, 3.05) is 5.32 Å². The van der Waals surface area contributed by atoms with Crippen LogP contribution in [-0.2, 0) is 4.79 Å². The van der Waals surface area contributed by atoms with E-state index in [1.54, 1.807) is 5.32 Å². The van der Waals surface area contributed by atoms with E-state index in [0.29, 0.717) is 5.56 Å². The third-order valence-corrected chi connectivity index (χ3v) is 3.06. The number of aryl methyl sites for hydroxylation is 1. The molecule has 1 rings (SSSR count). The number of carbonyl (C=O) groups excluding carboxylic acids is 1. The van der Waals surface area contributed by atoms with Gasteiger partial charge in [-0.05, 0) is 47.0 Å². The second kappa shape index (κ2) is 5.20.